The van der Waals surface area contributed by atoms with Crippen LogP contribution in [0.3, 0.4) is 0 Å². The van der Waals surface area contributed by atoms with Gasteiger partial charge in [-0.3, -0.25) is 19.1 Å². The van der Waals surface area contributed by atoms with Crippen molar-refractivity contribution in [2.75, 3.05) is 18.5 Å². The van der Waals surface area contributed by atoms with Crippen molar-refractivity contribution >= 4 is 46.7 Å². The van der Waals surface area contributed by atoms with E-state index in [2.05, 4.69) is 15.7 Å². The van der Waals surface area contributed by atoms with E-state index < -0.39 is 30.9 Å². The van der Waals surface area contributed by atoms with Crippen LogP contribution in [0.15, 0.2) is 18.2 Å². The molecule has 27 heavy (non-hydrogen) atoms. The van der Waals surface area contributed by atoms with Gasteiger partial charge in [-0.05, 0) is 32.0 Å². The van der Waals surface area contributed by atoms with Gasteiger partial charge in [0.15, 0.2) is 6.61 Å². The van der Waals surface area contributed by atoms with Crippen molar-refractivity contribution in [3.8, 4) is 0 Å². The molecule has 2 rings (SSSR count). The van der Waals surface area contributed by atoms with Gasteiger partial charge in [-0.1, -0.05) is 23.2 Å². The highest BCUT2D eigenvalue weighted by Gasteiger charge is 2.15. The molecule has 144 valence electrons. The van der Waals surface area contributed by atoms with Crippen LogP contribution in [0, 0.1) is 13.8 Å². The minimum absolute atomic E-state index is 0.162. The van der Waals surface area contributed by atoms with E-state index in [-0.39, 0.29) is 10.6 Å². The Morgan fingerprint density at radius 2 is 1.93 bits per heavy atom. The minimum Gasteiger partial charge on any atom is -0.454 e. The molecule has 0 aliphatic heterocycles. The third-order valence-corrected chi connectivity index (χ3v) is 4.25. The number of carbonyl (C=O) groups is 3. The number of amides is 2. The summed E-state index contributed by atoms with van der Waals surface area (Å²) in [6, 6.07) is 4.37. The molecule has 0 aliphatic rings. The molecular weight excluding hydrogens is 395 g/mol. The van der Waals surface area contributed by atoms with E-state index in [0.29, 0.717) is 16.4 Å². The number of rotatable bonds is 6. The summed E-state index contributed by atoms with van der Waals surface area (Å²) in [4.78, 5) is 35.7. The first-order valence-electron chi connectivity index (χ1n) is 7.88. The van der Waals surface area contributed by atoms with Crippen LogP contribution in [0.1, 0.15) is 21.7 Å². The summed E-state index contributed by atoms with van der Waals surface area (Å²) in [5, 5.41) is 9.74. The van der Waals surface area contributed by atoms with Crippen LogP contribution in [0.5, 0.6) is 0 Å². The smallest absolute Gasteiger partial charge is 0.325 e. The SMILES string of the molecule is Cc1nn(C)c(C)c1NC(=O)COC(=O)CNC(=O)c1ccc(Cl)cc1Cl. The first-order chi connectivity index (χ1) is 12.7. The number of esters is 1. The van der Waals surface area contributed by atoms with Crippen molar-refractivity contribution in [2.45, 2.75) is 13.8 Å². The highest BCUT2D eigenvalue weighted by atomic mass is 35.5. The lowest BCUT2D eigenvalue weighted by atomic mass is 10.2. The lowest BCUT2D eigenvalue weighted by molar-refractivity contribution is -0.146. The Hall–Kier alpha value is -2.58. The van der Waals surface area contributed by atoms with E-state index in [1.807, 2.05) is 0 Å². The van der Waals surface area contributed by atoms with Crippen LogP contribution in [0.2, 0.25) is 10.0 Å². The van der Waals surface area contributed by atoms with E-state index in [9.17, 15) is 14.4 Å². The Balaban J connectivity index is 1.80. The Kier molecular flexibility index (Phi) is 6.81. The van der Waals surface area contributed by atoms with E-state index >= 15 is 0 Å². The maximum Gasteiger partial charge on any atom is 0.325 e. The fraction of sp³-hybridized carbons (Fsp3) is 0.294. The van der Waals surface area contributed by atoms with Gasteiger partial charge in [0, 0.05) is 12.1 Å². The van der Waals surface area contributed by atoms with E-state index in [4.69, 9.17) is 27.9 Å². The summed E-state index contributed by atoms with van der Waals surface area (Å²) >= 11 is 11.7. The Bertz CT molecular complexity index is 895. The predicted molar refractivity (Wildman–Crippen MR) is 101 cm³/mol. The number of hydrogen-bond acceptors (Lipinski definition) is 5. The van der Waals surface area contributed by atoms with Crippen LogP contribution in [-0.4, -0.2) is 40.7 Å². The van der Waals surface area contributed by atoms with Crippen LogP contribution < -0.4 is 10.6 Å². The zero-order valence-electron chi connectivity index (χ0n) is 14.9. The third kappa shape index (κ3) is 5.45. The molecule has 2 aromatic rings. The number of benzene rings is 1. The average Bonchev–Trinajstić information content (AvgIpc) is 2.84. The minimum atomic E-state index is -0.761. The highest BCUT2D eigenvalue weighted by molar-refractivity contribution is 6.36. The summed E-state index contributed by atoms with van der Waals surface area (Å²) in [6.07, 6.45) is 0. The fourth-order valence-corrected chi connectivity index (χ4v) is 2.74. The van der Waals surface area contributed by atoms with Gasteiger partial charge < -0.3 is 15.4 Å². The molecule has 0 bridgehead atoms. The molecule has 1 heterocycles. The number of nitrogens with zero attached hydrogens (tertiary/aromatic N) is 2. The van der Waals surface area contributed by atoms with Crippen molar-refractivity contribution in [1.82, 2.24) is 15.1 Å². The second-order valence-electron chi connectivity index (χ2n) is 5.69. The van der Waals surface area contributed by atoms with Crippen LogP contribution in [0.4, 0.5) is 5.69 Å². The van der Waals surface area contributed by atoms with Gasteiger partial charge >= 0.3 is 5.97 Å². The highest BCUT2D eigenvalue weighted by Crippen LogP contribution is 2.20. The van der Waals surface area contributed by atoms with Gasteiger partial charge in [-0.25, -0.2) is 0 Å². The van der Waals surface area contributed by atoms with E-state index in [0.717, 1.165) is 5.69 Å². The van der Waals surface area contributed by atoms with Gasteiger partial charge in [0.2, 0.25) is 0 Å². The quantitative estimate of drug-likeness (QED) is 0.708. The molecule has 1 aromatic heterocycles. The zero-order valence-corrected chi connectivity index (χ0v) is 16.4. The van der Waals surface area contributed by atoms with Crippen LogP contribution >= 0.6 is 23.2 Å². The molecule has 2 amide bonds. The van der Waals surface area contributed by atoms with Crippen molar-refractivity contribution < 1.29 is 19.1 Å². The maximum absolute atomic E-state index is 12.0. The van der Waals surface area contributed by atoms with Crippen LogP contribution in [0.25, 0.3) is 0 Å². The van der Waals surface area contributed by atoms with Gasteiger partial charge in [0.25, 0.3) is 11.8 Å². The number of nitrogens with one attached hydrogen (secondary N) is 2. The number of hydrogen-bond donors (Lipinski definition) is 2. The molecule has 1 aromatic carbocycles. The summed E-state index contributed by atoms with van der Waals surface area (Å²) in [5.74, 6) is -1.82. The number of halogens is 2. The molecule has 0 aliphatic carbocycles. The third-order valence-electron chi connectivity index (χ3n) is 3.71. The van der Waals surface area contributed by atoms with Crippen molar-refractivity contribution in [1.29, 1.82) is 0 Å². The average molecular weight is 413 g/mol. The molecule has 0 atom stereocenters. The number of aromatic nitrogens is 2. The molecule has 10 heteroatoms. The molecular formula is C17H18Cl2N4O4. The normalized spacial score (nSPS) is 10.4. The first kappa shape index (κ1) is 20.7. The van der Waals surface area contributed by atoms with E-state index in [1.54, 1.807) is 25.6 Å². The molecule has 0 radical (unpaired) electrons. The summed E-state index contributed by atoms with van der Waals surface area (Å²) in [5.41, 5.74) is 2.18. The summed E-state index contributed by atoms with van der Waals surface area (Å²) < 4.78 is 6.48. The molecule has 0 fully saturated rings. The Morgan fingerprint density at radius 3 is 2.52 bits per heavy atom. The van der Waals surface area contributed by atoms with Gasteiger partial charge in [0.05, 0.1) is 27.7 Å². The Labute approximate surface area is 165 Å². The van der Waals surface area contributed by atoms with Crippen molar-refractivity contribution in [3.05, 3.63) is 45.2 Å². The van der Waals surface area contributed by atoms with Gasteiger partial charge in [-0.15, -0.1) is 0 Å². The van der Waals surface area contributed by atoms with Gasteiger partial charge in [-0.2, -0.15) is 5.10 Å². The fourth-order valence-electron chi connectivity index (χ4n) is 2.25. The van der Waals surface area contributed by atoms with Crippen LogP contribution in [-0.2, 0) is 21.4 Å². The van der Waals surface area contributed by atoms with E-state index in [1.165, 1.54) is 18.2 Å². The largest absolute Gasteiger partial charge is 0.454 e. The van der Waals surface area contributed by atoms with Gasteiger partial charge in [0.1, 0.15) is 6.54 Å². The van der Waals surface area contributed by atoms with Crippen molar-refractivity contribution in [3.63, 3.8) is 0 Å². The number of carbonyl (C=O) groups excluding carboxylic acids is 3. The molecule has 0 saturated heterocycles. The molecule has 8 nitrogen and oxygen atoms in total. The molecule has 0 saturated carbocycles. The predicted octanol–water partition coefficient (Wildman–Crippen LogP) is 2.26. The molecule has 0 unspecified atom stereocenters. The second-order valence-corrected chi connectivity index (χ2v) is 6.53. The molecule has 2 N–H and O–H groups in total. The molecule has 0 spiro atoms. The standard InChI is InChI=1S/C17H18Cl2N4O4/c1-9-16(10(2)23(3)22-9)21-14(24)8-27-15(25)7-20-17(26)12-5-4-11(18)6-13(12)19/h4-6H,7-8H2,1-3H3,(H,20,26)(H,21,24). The number of ether oxygens (including phenoxy) is 1. The first-order valence-corrected chi connectivity index (χ1v) is 8.63. The topological polar surface area (TPSA) is 102 Å². The summed E-state index contributed by atoms with van der Waals surface area (Å²) in [7, 11) is 1.76. The maximum atomic E-state index is 12.0. The lowest BCUT2D eigenvalue weighted by Gasteiger charge is -2.08. The number of anilines is 1. The number of aryl methyl sites for hydroxylation is 2. The summed E-state index contributed by atoms with van der Waals surface area (Å²) in [6.45, 7) is 2.67. The Morgan fingerprint density at radius 1 is 1.22 bits per heavy atom. The second kappa shape index (κ2) is 8.88. The van der Waals surface area contributed by atoms with Crippen molar-refractivity contribution in [2.24, 2.45) is 7.05 Å². The monoisotopic (exact) mass is 412 g/mol. The zero-order chi connectivity index (χ0) is 20.1. The lowest BCUT2D eigenvalue weighted by Crippen LogP contribution is -2.32.